The number of rotatable bonds is 18. The molecule has 0 amide bonds. The van der Waals surface area contributed by atoms with Gasteiger partial charge in [0.2, 0.25) is 0 Å². The van der Waals surface area contributed by atoms with Gasteiger partial charge >= 0.3 is 0 Å². The predicted octanol–water partition coefficient (Wildman–Crippen LogP) is 11.9. The monoisotopic (exact) mass is 1050 g/mol. The molecule has 0 unspecified atom stereocenters. The van der Waals surface area contributed by atoms with Gasteiger partial charge in [-0.05, 0) is 60.7 Å². The Bertz CT molecular complexity index is 3780. The van der Waals surface area contributed by atoms with Crippen molar-refractivity contribution in [1.29, 1.82) is 0 Å². The normalized spacial score (nSPS) is 11.8. The van der Waals surface area contributed by atoms with Crippen LogP contribution in [0.3, 0.4) is 0 Å². The number of fused-ring (bicyclic) bond motifs is 20. The average Bonchev–Trinajstić information content (AvgIpc) is 4.19. The number of nitrogens with one attached hydrogen (secondary N) is 2. The van der Waals surface area contributed by atoms with E-state index in [1.54, 1.807) is 53.9 Å². The Morgan fingerprint density at radius 2 is 0.838 bits per heavy atom. The topological polar surface area (TPSA) is 185 Å². The van der Waals surface area contributed by atoms with Gasteiger partial charge in [0.25, 0.3) is 0 Å². The lowest BCUT2D eigenvalue weighted by atomic mass is 10.1. The summed E-state index contributed by atoms with van der Waals surface area (Å²) >= 11 is 8.82. The molecule has 2 aliphatic heterocycles. The molecule has 2 aliphatic rings. The van der Waals surface area contributed by atoms with Crippen LogP contribution >= 0.6 is 47.9 Å². The van der Waals surface area contributed by atoms with Crippen LogP contribution in [0.4, 0.5) is 0 Å². The fourth-order valence-electron chi connectivity index (χ4n) is 8.61. The van der Waals surface area contributed by atoms with Crippen LogP contribution in [-0.4, -0.2) is 107 Å². The average molecular weight is 1050 g/mol. The van der Waals surface area contributed by atoms with Gasteiger partial charge in [-0.2, -0.15) is 12.6 Å². The molecule has 2 N–H and O–H groups in total. The third-order valence-corrected chi connectivity index (χ3v) is 15.0. The minimum Gasteiger partial charge on any atom is -0.490 e. The summed E-state index contributed by atoms with van der Waals surface area (Å²) in [6.07, 6.45) is 5.38. The van der Waals surface area contributed by atoms with Crippen LogP contribution in [0.25, 0.3) is 89.7 Å². The Labute approximate surface area is 442 Å². The predicted molar refractivity (Wildman–Crippen MR) is 293 cm³/mol. The zero-order valence-electron chi connectivity index (χ0n) is 39.3. The number of thiol groups is 1. The van der Waals surface area contributed by atoms with Crippen molar-refractivity contribution >= 4 is 92.0 Å². The summed E-state index contributed by atoms with van der Waals surface area (Å²) in [6, 6.07) is 41.9. The lowest BCUT2D eigenvalue weighted by molar-refractivity contribution is 0.0118. The molecule has 0 atom stereocenters. The molecule has 15 nitrogen and oxygen atoms in total. The van der Waals surface area contributed by atoms with Crippen molar-refractivity contribution in [3.8, 4) is 51.3 Å². The van der Waals surface area contributed by atoms with E-state index in [1.807, 2.05) is 109 Å². The van der Waals surface area contributed by atoms with Crippen molar-refractivity contribution in [2.75, 3.05) is 52.0 Å². The number of ether oxygens (including phenoxy) is 4. The highest BCUT2D eigenvalue weighted by Gasteiger charge is 2.27. The maximum atomic E-state index is 6.52. The smallest absolute Gasteiger partial charge is 0.168 e. The molecule has 6 aromatic heterocycles. The Hall–Kier alpha value is -7.23. The fraction of sp³-hybridized carbons (Fsp3) is 0.145. The van der Waals surface area contributed by atoms with Crippen molar-refractivity contribution in [2.45, 2.75) is 29.8 Å². The van der Waals surface area contributed by atoms with E-state index in [0.29, 0.717) is 103 Å². The summed E-state index contributed by atoms with van der Waals surface area (Å²) in [5, 5.41) is 5.87. The van der Waals surface area contributed by atoms with Crippen LogP contribution < -0.4 is 4.74 Å². The second-order valence-electron chi connectivity index (χ2n) is 16.5. The van der Waals surface area contributed by atoms with Crippen molar-refractivity contribution < 1.29 is 18.9 Å². The number of pyridine rings is 3. The van der Waals surface area contributed by atoms with E-state index in [1.165, 1.54) is 0 Å². The van der Waals surface area contributed by atoms with Gasteiger partial charge in [0.15, 0.2) is 23.3 Å². The first-order valence-electron chi connectivity index (χ1n) is 23.7. The highest BCUT2D eigenvalue weighted by atomic mass is 32.2. The number of hydrogen-bond donors (Lipinski definition) is 3. The maximum absolute atomic E-state index is 6.52. The van der Waals surface area contributed by atoms with Crippen LogP contribution in [0.5, 0.6) is 5.75 Å². The molecule has 19 heteroatoms. The molecule has 0 aliphatic carbocycles. The third-order valence-electron chi connectivity index (χ3n) is 11.8. The summed E-state index contributed by atoms with van der Waals surface area (Å²) in [4.78, 5) is 56.1. The molecular formula is C55H43N11O4S4. The van der Waals surface area contributed by atoms with Gasteiger partial charge in [-0.1, -0.05) is 102 Å². The number of nitrogens with zero attached hydrogens (tertiary/aromatic N) is 9. The number of aromatic nitrogens is 11. The van der Waals surface area contributed by atoms with Gasteiger partial charge < -0.3 is 28.9 Å². The van der Waals surface area contributed by atoms with E-state index >= 15 is 0 Å². The molecule has 0 spiro atoms. The molecule has 8 bridgehead atoms. The summed E-state index contributed by atoms with van der Waals surface area (Å²) in [5.74, 6) is 3.07. The van der Waals surface area contributed by atoms with Gasteiger partial charge in [-0.15, -0.1) is 0 Å². The van der Waals surface area contributed by atoms with Crippen LogP contribution in [0.1, 0.15) is 0 Å². The first kappa shape index (κ1) is 47.8. The number of H-pyrrole nitrogens is 2. The van der Waals surface area contributed by atoms with E-state index in [-0.39, 0.29) is 6.61 Å². The summed E-state index contributed by atoms with van der Waals surface area (Å²) in [6.45, 7) is 3.06. The molecule has 0 saturated heterocycles. The molecular weight excluding hydrogens is 1010 g/mol. The lowest BCUT2D eigenvalue weighted by Gasteiger charge is -2.11. The number of hydrogen-bond acceptors (Lipinski definition) is 17. The van der Waals surface area contributed by atoms with Crippen molar-refractivity contribution in [2.24, 2.45) is 0 Å². The van der Waals surface area contributed by atoms with Crippen LogP contribution in [0.15, 0.2) is 176 Å². The van der Waals surface area contributed by atoms with Gasteiger partial charge in [0, 0.05) is 77.3 Å². The largest absolute Gasteiger partial charge is 0.490 e. The summed E-state index contributed by atoms with van der Waals surface area (Å²) < 4.78 is 23.5. The Morgan fingerprint density at radius 3 is 1.36 bits per heavy atom. The standard InChI is InChI=1S/C55H43N11O4S4/c71-32-31-69-28-27-67-25-26-68-29-30-70-37-15-7-11-33-44(37)52-59-48(33)61-53-46-35(13-9-17-39(46)73-42-20-2-5-23-57-42)50(63-53)65-55-47-36(14-10-18-40(47)74-43-21-3-6-24-58-43)51(66-55)64-54-45-34(49(60-52)62-54)12-8-16-38(45)72-41-19-1-4-22-56-41/h1-24,71H,25-32H2,(H2,59,60,61,62,63,64,65,66). The molecule has 0 fully saturated rings. The lowest BCUT2D eigenvalue weighted by Crippen LogP contribution is -2.13. The van der Waals surface area contributed by atoms with Crippen LogP contribution in [-0.2, 0) is 14.2 Å². The Kier molecular flexibility index (Phi) is 14.3. The molecule has 10 aromatic rings. The Morgan fingerprint density at radius 1 is 0.392 bits per heavy atom. The minimum atomic E-state index is 0.272. The minimum absolute atomic E-state index is 0.272. The maximum Gasteiger partial charge on any atom is 0.168 e. The van der Waals surface area contributed by atoms with E-state index in [2.05, 4.69) is 55.7 Å². The number of aromatic amines is 2. The van der Waals surface area contributed by atoms with E-state index < -0.39 is 0 Å². The molecule has 4 aromatic carbocycles. The second kappa shape index (κ2) is 22.1. The quantitative estimate of drug-likeness (QED) is 0.0544. The molecule has 366 valence electrons. The van der Waals surface area contributed by atoms with Gasteiger partial charge in [0.05, 0.1) is 45.2 Å². The third kappa shape index (κ3) is 10.1. The van der Waals surface area contributed by atoms with E-state index in [4.69, 9.17) is 48.9 Å². The van der Waals surface area contributed by atoms with Crippen molar-refractivity contribution in [3.05, 3.63) is 146 Å². The molecule has 12 rings (SSSR count). The van der Waals surface area contributed by atoms with Gasteiger partial charge in [0.1, 0.15) is 50.0 Å². The van der Waals surface area contributed by atoms with Crippen LogP contribution in [0.2, 0.25) is 0 Å². The molecule has 74 heavy (non-hydrogen) atoms. The Balaban J connectivity index is 1.07. The highest BCUT2D eigenvalue weighted by molar-refractivity contribution is 8.00. The van der Waals surface area contributed by atoms with E-state index in [9.17, 15) is 0 Å². The van der Waals surface area contributed by atoms with Crippen molar-refractivity contribution in [1.82, 2.24) is 54.8 Å². The number of benzene rings is 4. The second-order valence-corrected chi connectivity index (χ2v) is 20.2. The molecule has 0 radical (unpaired) electrons. The van der Waals surface area contributed by atoms with Gasteiger partial charge in [-0.3, -0.25) is 0 Å². The summed E-state index contributed by atoms with van der Waals surface area (Å²) in [5.41, 5.74) is 5.31. The molecule has 0 saturated carbocycles. The first-order valence-corrected chi connectivity index (χ1v) is 26.8. The highest BCUT2D eigenvalue weighted by Crippen LogP contribution is 2.45. The molecule has 8 heterocycles. The van der Waals surface area contributed by atoms with Crippen LogP contribution in [0, 0.1) is 0 Å². The zero-order chi connectivity index (χ0) is 49.6. The first-order chi connectivity index (χ1) is 36.6. The fourth-order valence-corrected chi connectivity index (χ4v) is 11.6. The summed E-state index contributed by atoms with van der Waals surface area (Å²) in [7, 11) is 0. The van der Waals surface area contributed by atoms with Gasteiger partial charge in [-0.25, -0.2) is 44.9 Å². The van der Waals surface area contributed by atoms with E-state index in [0.717, 1.165) is 68.0 Å². The zero-order valence-corrected chi connectivity index (χ0v) is 42.7. The SMILES string of the molecule is SCCOCCOCCOCCOc1cccc2c1-c1nc-2nc2[nH]c(nc3nc(nc4[nH]c(n1)c1cccc(Sc5ccccn5)c41)-c1cccc(Sc4ccccn4)c1-3)c1cccc(Sc3ccccn3)c21. The van der Waals surface area contributed by atoms with Crippen molar-refractivity contribution in [3.63, 3.8) is 0 Å².